The van der Waals surface area contributed by atoms with Gasteiger partial charge in [0.1, 0.15) is 6.20 Å². The van der Waals surface area contributed by atoms with Crippen LogP contribution >= 0.6 is 0 Å². The fraction of sp³-hybridized carbons (Fsp3) is 0.700. The van der Waals surface area contributed by atoms with Crippen molar-refractivity contribution >= 4 is 0 Å². The van der Waals surface area contributed by atoms with Crippen molar-refractivity contribution in [2.24, 2.45) is 0 Å². The van der Waals surface area contributed by atoms with Crippen LogP contribution in [0.25, 0.3) is 0 Å². The molecule has 2 heteroatoms. The van der Waals surface area contributed by atoms with Gasteiger partial charge in [-0.05, 0) is 19.8 Å². The van der Waals surface area contributed by atoms with Crippen molar-refractivity contribution in [3.05, 3.63) is 17.5 Å². The Morgan fingerprint density at radius 3 is 2.67 bits per heavy atom. The van der Waals surface area contributed by atoms with Gasteiger partial charge in [0.25, 0.3) is 0 Å². The van der Waals surface area contributed by atoms with E-state index in [1.54, 1.807) is 0 Å². The van der Waals surface area contributed by atoms with Crippen LogP contribution in [0.4, 0.5) is 0 Å². The van der Waals surface area contributed by atoms with Crippen molar-refractivity contribution in [2.45, 2.75) is 46.6 Å². The Bertz CT molecular complexity index is 238. The number of unbranched alkanes of at least 4 members (excludes halogenated alkanes) is 1. The molecule has 0 aliphatic heterocycles. The first-order chi connectivity index (χ1) is 5.79. The Balaban J connectivity index is 2.66. The van der Waals surface area contributed by atoms with Crippen LogP contribution in [0.1, 0.15) is 37.9 Å². The lowest BCUT2D eigenvalue weighted by atomic mass is 10.2. The molecule has 0 spiro atoms. The zero-order chi connectivity index (χ0) is 8.97. The summed E-state index contributed by atoms with van der Waals surface area (Å²) < 4.78 is 2.06. The molecular weight excluding hydrogens is 148 g/mol. The second-order valence-electron chi connectivity index (χ2n) is 3.11. The van der Waals surface area contributed by atoms with Crippen LogP contribution < -0.4 is 0 Å². The molecule has 12 heavy (non-hydrogen) atoms. The normalized spacial score (nSPS) is 10.6. The highest BCUT2D eigenvalue weighted by atomic mass is 15.3. The molecule has 67 valence electrons. The molecule has 0 saturated carbocycles. The molecule has 1 heterocycles. The summed E-state index contributed by atoms with van der Waals surface area (Å²) in [5.41, 5.74) is 2.54. The van der Waals surface area contributed by atoms with Crippen LogP contribution in [0.2, 0.25) is 0 Å². The van der Waals surface area contributed by atoms with Crippen LogP contribution in [-0.2, 0) is 13.0 Å². The van der Waals surface area contributed by atoms with Gasteiger partial charge in [-0.25, -0.2) is 0 Å². The molecule has 0 bridgehead atoms. The molecule has 0 atom stereocenters. The smallest absolute Gasteiger partial charge is 0.116 e. The SMILES string of the molecule is CCCCn1n[c]c(CC)c1C. The molecule has 0 aliphatic rings. The predicted molar refractivity (Wildman–Crippen MR) is 50.1 cm³/mol. The summed E-state index contributed by atoms with van der Waals surface area (Å²) in [6.45, 7) is 7.50. The molecule has 0 aromatic carbocycles. The first-order valence-electron chi connectivity index (χ1n) is 4.73. The average molecular weight is 165 g/mol. The van der Waals surface area contributed by atoms with Gasteiger partial charge in [-0.3, -0.25) is 4.68 Å². The van der Waals surface area contributed by atoms with Crippen LogP contribution in [-0.4, -0.2) is 9.78 Å². The van der Waals surface area contributed by atoms with Crippen molar-refractivity contribution in [3.63, 3.8) is 0 Å². The van der Waals surface area contributed by atoms with Crippen molar-refractivity contribution in [2.75, 3.05) is 0 Å². The van der Waals surface area contributed by atoms with Gasteiger partial charge < -0.3 is 0 Å². The zero-order valence-electron chi connectivity index (χ0n) is 8.22. The first-order valence-corrected chi connectivity index (χ1v) is 4.73. The van der Waals surface area contributed by atoms with E-state index < -0.39 is 0 Å². The Labute approximate surface area is 74.6 Å². The Morgan fingerprint density at radius 2 is 2.17 bits per heavy atom. The third-order valence-corrected chi connectivity index (χ3v) is 2.21. The van der Waals surface area contributed by atoms with Crippen molar-refractivity contribution in [3.8, 4) is 0 Å². The Morgan fingerprint density at radius 1 is 1.42 bits per heavy atom. The van der Waals surface area contributed by atoms with E-state index >= 15 is 0 Å². The van der Waals surface area contributed by atoms with E-state index in [-0.39, 0.29) is 0 Å². The Kier molecular flexibility index (Phi) is 3.32. The van der Waals surface area contributed by atoms with E-state index in [0.29, 0.717) is 0 Å². The van der Waals surface area contributed by atoms with Crippen molar-refractivity contribution in [1.82, 2.24) is 9.78 Å². The first kappa shape index (κ1) is 9.30. The van der Waals surface area contributed by atoms with E-state index in [1.165, 1.54) is 24.1 Å². The van der Waals surface area contributed by atoms with Crippen molar-refractivity contribution in [1.29, 1.82) is 0 Å². The van der Waals surface area contributed by atoms with Crippen LogP contribution in [0.15, 0.2) is 0 Å². The zero-order valence-corrected chi connectivity index (χ0v) is 8.22. The highest BCUT2D eigenvalue weighted by molar-refractivity contribution is 5.14. The number of rotatable bonds is 4. The van der Waals surface area contributed by atoms with Crippen LogP contribution in [0.5, 0.6) is 0 Å². The van der Waals surface area contributed by atoms with Gasteiger partial charge in [-0.2, -0.15) is 5.10 Å². The molecule has 0 unspecified atom stereocenters. The summed E-state index contributed by atoms with van der Waals surface area (Å²) in [5.74, 6) is 0. The van der Waals surface area contributed by atoms with E-state index in [1.807, 2.05) is 0 Å². The number of aromatic nitrogens is 2. The van der Waals surface area contributed by atoms with Crippen LogP contribution in [0.3, 0.4) is 0 Å². The van der Waals surface area contributed by atoms with E-state index in [2.05, 4.69) is 36.7 Å². The van der Waals surface area contributed by atoms with Gasteiger partial charge in [0, 0.05) is 17.8 Å². The van der Waals surface area contributed by atoms with E-state index in [0.717, 1.165) is 13.0 Å². The van der Waals surface area contributed by atoms with Gasteiger partial charge in [-0.1, -0.05) is 20.3 Å². The largest absolute Gasteiger partial charge is 0.269 e. The summed E-state index contributed by atoms with van der Waals surface area (Å²) in [7, 11) is 0. The highest BCUT2D eigenvalue weighted by Crippen LogP contribution is 2.07. The number of hydrogen-bond donors (Lipinski definition) is 0. The molecule has 1 rings (SSSR count). The molecule has 2 nitrogen and oxygen atoms in total. The molecule has 0 fully saturated rings. The summed E-state index contributed by atoms with van der Waals surface area (Å²) in [6, 6.07) is 0. The summed E-state index contributed by atoms with van der Waals surface area (Å²) in [5, 5.41) is 4.22. The molecule has 0 aliphatic carbocycles. The molecule has 1 aromatic rings. The number of hydrogen-bond acceptors (Lipinski definition) is 1. The molecular formula is C10H17N2. The van der Waals surface area contributed by atoms with Gasteiger partial charge in [-0.15, -0.1) is 0 Å². The molecule has 0 N–H and O–H groups in total. The summed E-state index contributed by atoms with van der Waals surface area (Å²) in [6.07, 6.45) is 6.52. The van der Waals surface area contributed by atoms with Gasteiger partial charge in [0.05, 0.1) is 0 Å². The topological polar surface area (TPSA) is 17.8 Å². The fourth-order valence-electron chi connectivity index (χ4n) is 1.29. The second kappa shape index (κ2) is 4.29. The molecule has 0 amide bonds. The molecule has 1 aromatic heterocycles. The summed E-state index contributed by atoms with van der Waals surface area (Å²) >= 11 is 0. The quantitative estimate of drug-likeness (QED) is 0.669. The lowest BCUT2D eigenvalue weighted by molar-refractivity contribution is 0.557. The summed E-state index contributed by atoms with van der Waals surface area (Å²) in [4.78, 5) is 0. The number of aryl methyl sites for hydroxylation is 2. The number of nitrogens with zero attached hydrogens (tertiary/aromatic N) is 2. The molecule has 1 radical (unpaired) electrons. The maximum atomic E-state index is 4.22. The third-order valence-electron chi connectivity index (χ3n) is 2.21. The lowest BCUT2D eigenvalue weighted by Gasteiger charge is -2.02. The highest BCUT2D eigenvalue weighted by Gasteiger charge is 2.03. The van der Waals surface area contributed by atoms with Gasteiger partial charge in [0.2, 0.25) is 0 Å². The van der Waals surface area contributed by atoms with E-state index in [9.17, 15) is 0 Å². The lowest BCUT2D eigenvalue weighted by Crippen LogP contribution is -2.02. The maximum absolute atomic E-state index is 4.22. The third kappa shape index (κ3) is 1.87. The molecule has 0 saturated heterocycles. The second-order valence-corrected chi connectivity index (χ2v) is 3.11. The predicted octanol–water partition coefficient (Wildman–Crippen LogP) is 2.35. The Hall–Kier alpha value is -0.790. The average Bonchev–Trinajstić information content (AvgIpc) is 2.43. The standard InChI is InChI=1S/C10H17N2/c1-4-6-7-12-9(3)10(5-2)8-11-12/h4-7H2,1-3H3. The monoisotopic (exact) mass is 165 g/mol. The van der Waals surface area contributed by atoms with E-state index in [4.69, 9.17) is 0 Å². The van der Waals surface area contributed by atoms with Gasteiger partial charge in [0.15, 0.2) is 0 Å². The van der Waals surface area contributed by atoms with Gasteiger partial charge >= 0.3 is 0 Å². The van der Waals surface area contributed by atoms with Crippen molar-refractivity contribution < 1.29 is 0 Å². The van der Waals surface area contributed by atoms with Crippen LogP contribution in [0, 0.1) is 13.1 Å². The minimum atomic E-state index is 1.04. The maximum Gasteiger partial charge on any atom is 0.116 e. The fourth-order valence-corrected chi connectivity index (χ4v) is 1.29. The minimum Gasteiger partial charge on any atom is -0.269 e. The minimum absolute atomic E-state index is 1.04.